The van der Waals surface area contributed by atoms with Gasteiger partial charge in [0.2, 0.25) is 0 Å². The molecule has 2 heterocycles. The molecule has 0 radical (unpaired) electrons. The lowest BCUT2D eigenvalue weighted by Gasteiger charge is -2.31. The Balaban J connectivity index is 1.59. The van der Waals surface area contributed by atoms with Crippen molar-refractivity contribution in [1.29, 1.82) is 0 Å². The van der Waals surface area contributed by atoms with Gasteiger partial charge in [-0.1, -0.05) is 19.1 Å². The van der Waals surface area contributed by atoms with Crippen molar-refractivity contribution >= 4 is 17.1 Å². The van der Waals surface area contributed by atoms with Crippen LogP contribution >= 0.6 is 0 Å². The van der Waals surface area contributed by atoms with Crippen LogP contribution in [0, 0.1) is 0 Å². The van der Waals surface area contributed by atoms with E-state index in [4.69, 9.17) is 9.15 Å². The van der Waals surface area contributed by atoms with E-state index >= 15 is 0 Å². The number of hydrogen-bond donors (Lipinski definition) is 1. The van der Waals surface area contributed by atoms with Gasteiger partial charge in [-0.2, -0.15) is 4.98 Å². The average Bonchev–Trinajstić information content (AvgIpc) is 2.88. The Bertz CT molecular complexity index is 507. The quantitative estimate of drug-likeness (QED) is 0.911. The van der Waals surface area contributed by atoms with Gasteiger partial charge in [-0.05, 0) is 18.7 Å². The molecule has 1 saturated heterocycles. The van der Waals surface area contributed by atoms with Crippen LogP contribution in [0.15, 0.2) is 28.7 Å². The smallest absolute Gasteiger partial charge is 0.295 e. The van der Waals surface area contributed by atoms with E-state index in [0.717, 1.165) is 43.9 Å². The highest BCUT2D eigenvalue weighted by Gasteiger charge is 2.19. The predicted molar refractivity (Wildman–Crippen MR) is 74.4 cm³/mol. The standard InChI is InChI=1S/C14H19N3O2/c1-2-17-7-8-18-11(10-17)9-15-14-16-12-5-3-4-6-13(12)19-14/h3-6,11H,2,7-10H2,1H3,(H,15,16). The largest absolute Gasteiger partial charge is 0.424 e. The van der Waals surface area contributed by atoms with Crippen molar-refractivity contribution in [2.75, 3.05) is 38.1 Å². The Morgan fingerprint density at radius 1 is 1.42 bits per heavy atom. The fourth-order valence-electron chi connectivity index (χ4n) is 2.34. The van der Waals surface area contributed by atoms with Crippen LogP contribution in [0.3, 0.4) is 0 Å². The number of aromatic nitrogens is 1. The molecule has 1 aliphatic rings. The normalized spacial score (nSPS) is 20.8. The molecule has 0 spiro atoms. The molecule has 5 nitrogen and oxygen atoms in total. The Hall–Kier alpha value is -1.59. The van der Waals surface area contributed by atoms with Crippen LogP contribution in [0.4, 0.5) is 6.01 Å². The molecule has 1 aliphatic heterocycles. The zero-order valence-electron chi connectivity index (χ0n) is 11.1. The molecule has 102 valence electrons. The SMILES string of the molecule is CCN1CCOC(CNc2nc3ccccc3o2)C1. The number of morpholine rings is 1. The molecule has 0 amide bonds. The van der Waals surface area contributed by atoms with Gasteiger partial charge in [0.05, 0.1) is 12.7 Å². The summed E-state index contributed by atoms with van der Waals surface area (Å²) in [6, 6.07) is 8.33. The van der Waals surface area contributed by atoms with Crippen LogP contribution in [0.5, 0.6) is 0 Å². The molecule has 1 atom stereocenters. The van der Waals surface area contributed by atoms with Crippen LogP contribution in [0.25, 0.3) is 11.1 Å². The predicted octanol–water partition coefficient (Wildman–Crippen LogP) is 1.96. The zero-order valence-corrected chi connectivity index (χ0v) is 11.1. The molecule has 0 bridgehead atoms. The third-order valence-electron chi connectivity index (χ3n) is 3.44. The first kappa shape index (κ1) is 12.4. The highest BCUT2D eigenvalue weighted by atomic mass is 16.5. The summed E-state index contributed by atoms with van der Waals surface area (Å²) in [5.74, 6) is 0. The number of nitrogens with zero attached hydrogens (tertiary/aromatic N) is 2. The highest BCUT2D eigenvalue weighted by molar-refractivity contribution is 5.74. The monoisotopic (exact) mass is 261 g/mol. The van der Waals surface area contributed by atoms with E-state index < -0.39 is 0 Å². The van der Waals surface area contributed by atoms with Crippen molar-refractivity contribution in [3.63, 3.8) is 0 Å². The van der Waals surface area contributed by atoms with Gasteiger partial charge in [0, 0.05) is 19.6 Å². The molecule has 1 N–H and O–H groups in total. The van der Waals surface area contributed by atoms with E-state index in [1.807, 2.05) is 24.3 Å². The first-order valence-electron chi connectivity index (χ1n) is 6.78. The number of para-hydroxylation sites is 2. The second-order valence-corrected chi connectivity index (χ2v) is 4.75. The van der Waals surface area contributed by atoms with Gasteiger partial charge in [0.15, 0.2) is 5.58 Å². The number of fused-ring (bicyclic) bond motifs is 1. The number of rotatable bonds is 4. The Morgan fingerprint density at radius 2 is 2.32 bits per heavy atom. The molecule has 3 rings (SSSR count). The molecule has 1 aromatic carbocycles. The van der Waals surface area contributed by atoms with Crippen LogP contribution in [-0.4, -0.2) is 48.8 Å². The van der Waals surface area contributed by atoms with Crippen molar-refractivity contribution in [2.24, 2.45) is 0 Å². The molecule has 0 aliphatic carbocycles. The third-order valence-corrected chi connectivity index (χ3v) is 3.44. The summed E-state index contributed by atoms with van der Waals surface area (Å²) in [6.45, 7) is 6.76. The summed E-state index contributed by atoms with van der Waals surface area (Å²) in [5, 5.41) is 3.22. The van der Waals surface area contributed by atoms with Crippen LogP contribution < -0.4 is 5.32 Å². The number of ether oxygens (including phenoxy) is 1. The molecule has 0 saturated carbocycles. The maximum atomic E-state index is 5.73. The topological polar surface area (TPSA) is 50.5 Å². The minimum atomic E-state index is 0.198. The molecule has 1 fully saturated rings. The fraction of sp³-hybridized carbons (Fsp3) is 0.500. The summed E-state index contributed by atoms with van der Waals surface area (Å²) in [6.07, 6.45) is 0.198. The van der Waals surface area contributed by atoms with Crippen LogP contribution in [0.2, 0.25) is 0 Å². The van der Waals surface area contributed by atoms with Crippen molar-refractivity contribution in [3.8, 4) is 0 Å². The minimum absolute atomic E-state index is 0.198. The maximum absolute atomic E-state index is 5.73. The first-order chi connectivity index (χ1) is 9.35. The molecule has 1 aromatic heterocycles. The van der Waals surface area contributed by atoms with Gasteiger partial charge in [0.25, 0.3) is 6.01 Å². The van der Waals surface area contributed by atoms with Crippen molar-refractivity contribution in [1.82, 2.24) is 9.88 Å². The Morgan fingerprint density at radius 3 is 3.16 bits per heavy atom. The summed E-state index contributed by atoms with van der Waals surface area (Å²) < 4.78 is 11.4. The number of oxazole rings is 1. The van der Waals surface area contributed by atoms with Gasteiger partial charge in [0.1, 0.15) is 5.52 Å². The number of likely N-dealkylation sites (N-methyl/N-ethyl adjacent to an activating group) is 1. The lowest BCUT2D eigenvalue weighted by Crippen LogP contribution is -2.45. The lowest BCUT2D eigenvalue weighted by molar-refractivity contribution is -0.0193. The number of benzene rings is 1. The highest BCUT2D eigenvalue weighted by Crippen LogP contribution is 2.18. The van der Waals surface area contributed by atoms with E-state index in [1.54, 1.807) is 0 Å². The molecule has 1 unspecified atom stereocenters. The summed E-state index contributed by atoms with van der Waals surface area (Å²) in [4.78, 5) is 6.78. The van der Waals surface area contributed by atoms with Crippen molar-refractivity contribution < 1.29 is 9.15 Å². The van der Waals surface area contributed by atoms with E-state index in [-0.39, 0.29) is 6.10 Å². The first-order valence-corrected chi connectivity index (χ1v) is 6.78. The molecule has 2 aromatic rings. The number of nitrogens with one attached hydrogen (secondary N) is 1. The van der Waals surface area contributed by atoms with Gasteiger partial charge in [-0.3, -0.25) is 4.90 Å². The Labute approximate surface area is 112 Å². The lowest BCUT2D eigenvalue weighted by atomic mass is 10.2. The molecule has 19 heavy (non-hydrogen) atoms. The summed E-state index contributed by atoms with van der Waals surface area (Å²) >= 11 is 0. The van der Waals surface area contributed by atoms with Crippen molar-refractivity contribution in [3.05, 3.63) is 24.3 Å². The van der Waals surface area contributed by atoms with E-state index in [2.05, 4.69) is 22.1 Å². The van der Waals surface area contributed by atoms with Gasteiger partial charge in [-0.15, -0.1) is 0 Å². The fourth-order valence-corrected chi connectivity index (χ4v) is 2.34. The van der Waals surface area contributed by atoms with Gasteiger partial charge in [-0.25, -0.2) is 0 Å². The summed E-state index contributed by atoms with van der Waals surface area (Å²) in [7, 11) is 0. The van der Waals surface area contributed by atoms with Gasteiger partial charge >= 0.3 is 0 Å². The minimum Gasteiger partial charge on any atom is -0.424 e. The molecule has 5 heteroatoms. The van der Waals surface area contributed by atoms with E-state index in [1.165, 1.54) is 0 Å². The second-order valence-electron chi connectivity index (χ2n) is 4.75. The number of hydrogen-bond acceptors (Lipinski definition) is 5. The average molecular weight is 261 g/mol. The molecular weight excluding hydrogens is 242 g/mol. The Kier molecular flexibility index (Phi) is 3.66. The number of anilines is 1. The maximum Gasteiger partial charge on any atom is 0.295 e. The van der Waals surface area contributed by atoms with Crippen molar-refractivity contribution in [2.45, 2.75) is 13.0 Å². The zero-order chi connectivity index (χ0) is 13.1. The second kappa shape index (κ2) is 5.59. The van der Waals surface area contributed by atoms with Gasteiger partial charge < -0.3 is 14.5 Å². The third kappa shape index (κ3) is 2.88. The van der Waals surface area contributed by atoms with Crippen LogP contribution in [0.1, 0.15) is 6.92 Å². The summed E-state index contributed by atoms with van der Waals surface area (Å²) in [5.41, 5.74) is 1.69. The van der Waals surface area contributed by atoms with Crippen LogP contribution in [-0.2, 0) is 4.74 Å². The van der Waals surface area contributed by atoms with E-state index in [0.29, 0.717) is 6.01 Å². The van der Waals surface area contributed by atoms with E-state index in [9.17, 15) is 0 Å². The molecular formula is C14H19N3O2.